The number of aliphatic hydroxyl groups is 1. The molecule has 1 aromatic rings. The van der Waals surface area contributed by atoms with Crippen molar-refractivity contribution in [2.75, 3.05) is 0 Å². The Morgan fingerprint density at radius 3 is 1.86 bits per heavy atom. The molecule has 22 heavy (non-hydrogen) atoms. The van der Waals surface area contributed by atoms with Gasteiger partial charge in [0.15, 0.2) is 0 Å². The molecule has 0 aliphatic carbocycles. The minimum absolute atomic E-state index is 0.451. The normalized spacial score (nSPS) is 13.3. The van der Waals surface area contributed by atoms with Crippen molar-refractivity contribution in [1.29, 1.82) is 0 Å². The molecule has 1 rings (SSSR count). The van der Waals surface area contributed by atoms with Gasteiger partial charge in [-0.15, -0.1) is 0 Å². The van der Waals surface area contributed by atoms with Crippen LogP contribution in [0.3, 0.4) is 0 Å². The van der Waals surface area contributed by atoms with E-state index in [9.17, 15) is 40.8 Å². The van der Waals surface area contributed by atoms with Gasteiger partial charge in [-0.25, -0.2) is 4.39 Å². The van der Waals surface area contributed by atoms with Crippen molar-refractivity contribution in [3.05, 3.63) is 38.9 Å². The number of rotatable bonds is 3. The van der Waals surface area contributed by atoms with E-state index in [2.05, 4.69) is 0 Å². The highest BCUT2D eigenvalue weighted by molar-refractivity contribution is 5.52. The van der Waals surface area contributed by atoms with E-state index < -0.39 is 51.9 Å². The molecule has 0 saturated carbocycles. The minimum Gasteiger partial charge on any atom is -0.392 e. The van der Waals surface area contributed by atoms with Gasteiger partial charge in [-0.3, -0.25) is 10.1 Å². The highest BCUT2D eigenvalue weighted by Gasteiger charge is 2.74. The van der Waals surface area contributed by atoms with E-state index >= 15 is 0 Å². The monoisotopic (exact) mass is 335 g/mol. The highest BCUT2D eigenvalue weighted by atomic mass is 19.4. The zero-order chi connectivity index (χ0) is 17.5. The van der Waals surface area contributed by atoms with Gasteiger partial charge in [-0.2, -0.15) is 26.3 Å². The molecule has 0 fully saturated rings. The molecule has 0 heterocycles. The van der Waals surface area contributed by atoms with E-state index in [1.807, 2.05) is 0 Å². The molecule has 0 radical (unpaired) electrons. The number of hydrogen-bond acceptors (Lipinski definition) is 3. The summed E-state index contributed by atoms with van der Waals surface area (Å²) in [6, 6.07) is 1.05. The van der Waals surface area contributed by atoms with Crippen molar-refractivity contribution in [3.63, 3.8) is 0 Å². The zero-order valence-electron chi connectivity index (χ0n) is 10.7. The van der Waals surface area contributed by atoms with Crippen LogP contribution in [0.15, 0.2) is 12.1 Å². The molecule has 1 N–H and O–H groups in total. The molecule has 0 saturated heterocycles. The number of benzene rings is 1. The molecule has 1 aromatic carbocycles. The third-order valence-electron chi connectivity index (χ3n) is 3.02. The number of nitro groups is 1. The second-order valence-corrected chi connectivity index (χ2v) is 4.31. The predicted octanol–water partition coefficient (Wildman–Crippen LogP) is 3.68. The molecule has 0 spiro atoms. The number of halogens is 7. The average Bonchev–Trinajstić information content (AvgIpc) is 2.34. The maximum absolute atomic E-state index is 14.1. The molecule has 4 nitrogen and oxygen atoms in total. The van der Waals surface area contributed by atoms with E-state index in [1.54, 1.807) is 0 Å². The minimum atomic E-state index is -6.42. The molecule has 124 valence electrons. The molecule has 0 amide bonds. The van der Waals surface area contributed by atoms with Crippen LogP contribution < -0.4 is 0 Å². The first kappa shape index (κ1) is 18.1. The Morgan fingerprint density at radius 2 is 1.55 bits per heavy atom. The van der Waals surface area contributed by atoms with Crippen molar-refractivity contribution in [1.82, 2.24) is 0 Å². The number of hydrogen-bond donors (Lipinski definition) is 1. The maximum atomic E-state index is 14.1. The Hall–Kier alpha value is -1.91. The van der Waals surface area contributed by atoms with Gasteiger partial charge in [0, 0.05) is 17.2 Å². The summed E-state index contributed by atoms with van der Waals surface area (Å²) in [6.45, 7) is -0.801. The molecule has 11 heteroatoms. The van der Waals surface area contributed by atoms with Crippen molar-refractivity contribution in [2.24, 2.45) is 0 Å². The second-order valence-electron chi connectivity index (χ2n) is 4.31. The Morgan fingerprint density at radius 1 is 1.09 bits per heavy atom. The van der Waals surface area contributed by atoms with Crippen LogP contribution in [0.1, 0.15) is 16.7 Å². The summed E-state index contributed by atoms with van der Waals surface area (Å²) in [4.78, 5) is 9.42. The molecule has 0 unspecified atom stereocenters. The Bertz CT molecular complexity index is 581. The predicted molar refractivity (Wildman–Crippen MR) is 58.7 cm³/mol. The van der Waals surface area contributed by atoms with Gasteiger partial charge in [-0.05, 0) is 18.6 Å². The van der Waals surface area contributed by atoms with Crippen LogP contribution in [0.2, 0.25) is 0 Å². The quantitative estimate of drug-likeness (QED) is 0.521. The van der Waals surface area contributed by atoms with E-state index in [0.717, 1.165) is 0 Å². The van der Waals surface area contributed by atoms with Crippen LogP contribution in [-0.2, 0) is 12.3 Å². The Kier molecular flexibility index (Phi) is 4.43. The first-order valence-corrected chi connectivity index (χ1v) is 5.49. The average molecular weight is 335 g/mol. The Labute approximate surface area is 118 Å². The van der Waals surface area contributed by atoms with Crippen LogP contribution in [0, 0.1) is 17.0 Å². The fourth-order valence-corrected chi connectivity index (χ4v) is 2.01. The second kappa shape index (κ2) is 5.38. The molecule has 0 aliphatic rings. The summed E-state index contributed by atoms with van der Waals surface area (Å²) < 4.78 is 90.7. The van der Waals surface area contributed by atoms with Crippen LogP contribution in [0.4, 0.5) is 36.4 Å². The van der Waals surface area contributed by atoms with Gasteiger partial charge >= 0.3 is 18.0 Å². The fraction of sp³-hybridized carbons (Fsp3) is 0.455. The van der Waals surface area contributed by atoms with Crippen LogP contribution in [0.25, 0.3) is 0 Å². The van der Waals surface area contributed by atoms with E-state index in [0.29, 0.717) is 19.1 Å². The summed E-state index contributed by atoms with van der Waals surface area (Å²) >= 11 is 0. The molecule has 0 aromatic heterocycles. The molecular weight excluding hydrogens is 327 g/mol. The number of aliphatic hydroxyl groups excluding tert-OH is 1. The summed E-state index contributed by atoms with van der Waals surface area (Å²) in [5.41, 5.74) is -11.2. The van der Waals surface area contributed by atoms with Crippen molar-refractivity contribution in [3.8, 4) is 0 Å². The van der Waals surface area contributed by atoms with E-state index in [1.165, 1.54) is 0 Å². The summed E-state index contributed by atoms with van der Waals surface area (Å²) in [6.07, 6.45) is -12.8. The van der Waals surface area contributed by atoms with Crippen molar-refractivity contribution in [2.45, 2.75) is 31.6 Å². The third kappa shape index (κ3) is 2.60. The lowest BCUT2D eigenvalue weighted by molar-refractivity contribution is -0.386. The van der Waals surface area contributed by atoms with Gasteiger partial charge < -0.3 is 5.11 Å². The molecule has 0 atom stereocenters. The van der Waals surface area contributed by atoms with Crippen LogP contribution in [-0.4, -0.2) is 22.4 Å². The van der Waals surface area contributed by atoms with Gasteiger partial charge in [-0.1, -0.05) is 0 Å². The van der Waals surface area contributed by atoms with E-state index in [4.69, 9.17) is 5.11 Å². The third-order valence-corrected chi connectivity index (χ3v) is 3.02. The van der Waals surface area contributed by atoms with Gasteiger partial charge in [0.05, 0.1) is 11.5 Å². The van der Waals surface area contributed by atoms with Gasteiger partial charge in [0.25, 0.3) is 5.69 Å². The fourth-order valence-electron chi connectivity index (χ4n) is 2.01. The molecule has 0 bridgehead atoms. The topological polar surface area (TPSA) is 63.4 Å². The van der Waals surface area contributed by atoms with Crippen LogP contribution in [0.5, 0.6) is 0 Å². The van der Waals surface area contributed by atoms with Gasteiger partial charge in [0.2, 0.25) is 0 Å². The van der Waals surface area contributed by atoms with Gasteiger partial charge in [0.1, 0.15) is 0 Å². The number of nitro benzene ring substituents is 1. The first-order chi connectivity index (χ1) is 9.79. The lowest BCUT2D eigenvalue weighted by Gasteiger charge is -2.32. The van der Waals surface area contributed by atoms with Crippen molar-refractivity contribution >= 4 is 5.69 Å². The summed E-state index contributed by atoms with van der Waals surface area (Å²) in [5, 5.41) is 19.6. The lowest BCUT2D eigenvalue weighted by atomic mass is 9.85. The van der Waals surface area contributed by atoms with E-state index in [-0.39, 0.29) is 0 Å². The molecular formula is C11H8F7NO3. The standard InChI is InChI=1S/C11H8F7NO3/c1-5-7(19(21)22)3-2-6(4-20)8(5)9(12,10(13,14)15)11(16,17)18/h2-3,20H,4H2,1H3. The first-order valence-electron chi connectivity index (χ1n) is 5.49. The van der Waals surface area contributed by atoms with Crippen LogP contribution >= 0.6 is 0 Å². The van der Waals surface area contributed by atoms with Crippen molar-refractivity contribution < 1.29 is 40.8 Å². The number of alkyl halides is 7. The maximum Gasteiger partial charge on any atom is 0.435 e. The zero-order valence-corrected chi connectivity index (χ0v) is 10.7. The Balaban J connectivity index is 3.91. The summed E-state index contributed by atoms with van der Waals surface area (Å²) in [7, 11) is 0. The number of nitrogens with zero attached hydrogens (tertiary/aromatic N) is 1. The highest BCUT2D eigenvalue weighted by Crippen LogP contribution is 2.55. The SMILES string of the molecule is Cc1c([N+](=O)[O-])ccc(CO)c1C(F)(C(F)(F)F)C(F)(F)F. The molecule has 0 aliphatic heterocycles. The largest absolute Gasteiger partial charge is 0.435 e. The lowest BCUT2D eigenvalue weighted by Crippen LogP contribution is -2.51. The summed E-state index contributed by atoms with van der Waals surface area (Å²) in [5.74, 6) is 0. The smallest absolute Gasteiger partial charge is 0.392 e.